The minimum atomic E-state index is -1.31. The molecule has 0 aliphatic carbocycles. The molecular weight excluding hydrogens is 239 g/mol. The number of hydrogen-bond donors (Lipinski definition) is 2. The van der Waals surface area contributed by atoms with E-state index in [0.717, 1.165) is 6.07 Å². The maximum Gasteiger partial charge on any atom is 0.340 e. The highest BCUT2D eigenvalue weighted by Gasteiger charge is 2.29. The van der Waals surface area contributed by atoms with Gasteiger partial charge in [-0.3, -0.25) is 4.79 Å². The highest BCUT2D eigenvalue weighted by molar-refractivity contribution is 5.95. The van der Waals surface area contributed by atoms with E-state index in [0.29, 0.717) is 25.2 Å². The molecule has 2 rings (SSSR count). The second-order valence-corrected chi connectivity index (χ2v) is 4.27. The molecule has 1 amide bonds. The van der Waals surface area contributed by atoms with Gasteiger partial charge in [-0.15, -0.1) is 0 Å². The number of aromatic carboxylic acids is 1. The van der Waals surface area contributed by atoms with Crippen LogP contribution in [0.1, 0.15) is 16.8 Å². The Morgan fingerprint density at radius 3 is 2.72 bits per heavy atom. The lowest BCUT2D eigenvalue weighted by atomic mass is 10.1. The highest BCUT2D eigenvalue weighted by Crippen LogP contribution is 2.28. The van der Waals surface area contributed by atoms with Gasteiger partial charge < -0.3 is 15.7 Å². The van der Waals surface area contributed by atoms with Crippen LogP contribution in [0.4, 0.5) is 10.1 Å². The van der Waals surface area contributed by atoms with Crippen molar-refractivity contribution in [3.05, 3.63) is 29.6 Å². The van der Waals surface area contributed by atoms with Crippen LogP contribution in [0.5, 0.6) is 0 Å². The Kier molecular flexibility index (Phi) is 3.18. The SMILES string of the molecule is NC(=O)C1CCN(c2cccc(F)c2C(=O)O)C1. The van der Waals surface area contributed by atoms with E-state index in [1.54, 1.807) is 4.90 Å². The average molecular weight is 252 g/mol. The first kappa shape index (κ1) is 12.3. The van der Waals surface area contributed by atoms with Crippen LogP contribution in [-0.4, -0.2) is 30.1 Å². The van der Waals surface area contributed by atoms with Gasteiger partial charge in [0, 0.05) is 13.1 Å². The van der Waals surface area contributed by atoms with Crippen molar-refractivity contribution < 1.29 is 19.1 Å². The van der Waals surface area contributed by atoms with Crippen molar-refractivity contribution in [2.75, 3.05) is 18.0 Å². The molecule has 0 radical (unpaired) electrons. The molecule has 1 unspecified atom stereocenters. The Bertz CT molecular complexity index is 504. The van der Waals surface area contributed by atoms with Crippen LogP contribution in [0.15, 0.2) is 18.2 Å². The molecule has 1 aromatic carbocycles. The third-order valence-electron chi connectivity index (χ3n) is 3.14. The van der Waals surface area contributed by atoms with E-state index in [2.05, 4.69) is 0 Å². The number of carbonyl (C=O) groups excluding carboxylic acids is 1. The van der Waals surface area contributed by atoms with E-state index in [1.807, 2.05) is 0 Å². The summed E-state index contributed by atoms with van der Waals surface area (Å²) >= 11 is 0. The summed E-state index contributed by atoms with van der Waals surface area (Å²) in [6.45, 7) is 0.830. The summed E-state index contributed by atoms with van der Waals surface area (Å²) in [4.78, 5) is 23.8. The highest BCUT2D eigenvalue weighted by atomic mass is 19.1. The van der Waals surface area contributed by atoms with E-state index < -0.39 is 17.7 Å². The largest absolute Gasteiger partial charge is 0.478 e. The number of rotatable bonds is 3. The number of amides is 1. The summed E-state index contributed by atoms with van der Waals surface area (Å²) < 4.78 is 13.5. The topological polar surface area (TPSA) is 83.6 Å². The lowest BCUT2D eigenvalue weighted by Crippen LogP contribution is -2.28. The van der Waals surface area contributed by atoms with Crippen molar-refractivity contribution in [3.8, 4) is 0 Å². The Morgan fingerprint density at radius 2 is 2.17 bits per heavy atom. The first-order valence-corrected chi connectivity index (χ1v) is 5.56. The molecule has 0 spiro atoms. The number of carboxylic acids is 1. The smallest absolute Gasteiger partial charge is 0.340 e. The van der Waals surface area contributed by atoms with Crippen molar-refractivity contribution in [1.29, 1.82) is 0 Å². The zero-order valence-corrected chi connectivity index (χ0v) is 9.60. The molecule has 1 heterocycles. The van der Waals surface area contributed by atoms with Gasteiger partial charge in [0.25, 0.3) is 0 Å². The van der Waals surface area contributed by atoms with Gasteiger partial charge in [-0.25, -0.2) is 9.18 Å². The van der Waals surface area contributed by atoms with Gasteiger partial charge >= 0.3 is 5.97 Å². The van der Waals surface area contributed by atoms with E-state index in [4.69, 9.17) is 10.8 Å². The van der Waals surface area contributed by atoms with Crippen molar-refractivity contribution >= 4 is 17.6 Å². The maximum absolute atomic E-state index is 13.5. The Labute approximate surface area is 103 Å². The summed E-state index contributed by atoms with van der Waals surface area (Å²) in [5.74, 6) is -2.81. The Morgan fingerprint density at radius 1 is 1.44 bits per heavy atom. The number of hydrogen-bond acceptors (Lipinski definition) is 3. The molecule has 5 nitrogen and oxygen atoms in total. The fraction of sp³-hybridized carbons (Fsp3) is 0.333. The van der Waals surface area contributed by atoms with Gasteiger partial charge in [0.1, 0.15) is 11.4 Å². The van der Waals surface area contributed by atoms with E-state index >= 15 is 0 Å². The molecule has 1 aliphatic rings. The summed E-state index contributed by atoms with van der Waals surface area (Å²) in [6.07, 6.45) is 0.560. The van der Waals surface area contributed by atoms with Crippen LogP contribution in [0, 0.1) is 11.7 Å². The normalized spacial score (nSPS) is 18.9. The van der Waals surface area contributed by atoms with Gasteiger partial charge in [-0.1, -0.05) is 6.07 Å². The van der Waals surface area contributed by atoms with Crippen molar-refractivity contribution in [1.82, 2.24) is 0 Å². The lowest BCUT2D eigenvalue weighted by Gasteiger charge is -2.20. The average Bonchev–Trinajstić information content (AvgIpc) is 2.77. The summed E-state index contributed by atoms with van der Waals surface area (Å²) in [5.41, 5.74) is 5.15. The predicted molar refractivity (Wildman–Crippen MR) is 62.9 cm³/mol. The van der Waals surface area contributed by atoms with E-state index in [1.165, 1.54) is 12.1 Å². The number of nitrogens with two attached hydrogens (primary N) is 1. The number of carbonyl (C=O) groups is 2. The molecule has 0 aromatic heterocycles. The number of primary amides is 1. The van der Waals surface area contributed by atoms with Crippen LogP contribution in [0.25, 0.3) is 0 Å². The number of halogens is 1. The van der Waals surface area contributed by atoms with E-state index in [-0.39, 0.29) is 11.5 Å². The molecule has 18 heavy (non-hydrogen) atoms. The van der Waals surface area contributed by atoms with Crippen molar-refractivity contribution in [3.63, 3.8) is 0 Å². The number of carboxylic acid groups (broad SMARTS) is 1. The third kappa shape index (κ3) is 2.13. The second-order valence-electron chi connectivity index (χ2n) is 4.27. The van der Waals surface area contributed by atoms with Gasteiger partial charge in [0.2, 0.25) is 5.91 Å². The Hall–Kier alpha value is -2.11. The first-order chi connectivity index (χ1) is 8.50. The van der Waals surface area contributed by atoms with Crippen LogP contribution >= 0.6 is 0 Å². The summed E-state index contributed by atoms with van der Waals surface area (Å²) in [6, 6.07) is 4.10. The van der Waals surface area contributed by atoms with Gasteiger partial charge in [0.15, 0.2) is 0 Å². The molecule has 1 aromatic rings. The molecule has 1 saturated heterocycles. The quantitative estimate of drug-likeness (QED) is 0.834. The number of anilines is 1. The lowest BCUT2D eigenvalue weighted by molar-refractivity contribution is -0.121. The standard InChI is InChI=1S/C12H13FN2O3/c13-8-2-1-3-9(10(8)12(17)18)15-5-4-7(6-15)11(14)16/h1-3,7H,4-6H2,(H2,14,16)(H,17,18). The minimum absolute atomic E-state index is 0.297. The molecular formula is C12H13FN2O3. The van der Waals surface area contributed by atoms with Crippen LogP contribution < -0.4 is 10.6 Å². The van der Waals surface area contributed by atoms with Crippen LogP contribution in [-0.2, 0) is 4.79 Å². The molecule has 0 saturated carbocycles. The second kappa shape index (κ2) is 4.64. The molecule has 1 fully saturated rings. The Balaban J connectivity index is 2.32. The predicted octanol–water partition coefficient (Wildman–Crippen LogP) is 0.835. The van der Waals surface area contributed by atoms with Crippen molar-refractivity contribution in [2.45, 2.75) is 6.42 Å². The van der Waals surface area contributed by atoms with Gasteiger partial charge in [-0.05, 0) is 18.6 Å². The first-order valence-electron chi connectivity index (χ1n) is 5.56. The summed E-state index contributed by atoms with van der Waals surface area (Å²) in [5, 5.41) is 9.02. The zero-order chi connectivity index (χ0) is 13.3. The number of nitrogens with zero attached hydrogens (tertiary/aromatic N) is 1. The maximum atomic E-state index is 13.5. The molecule has 96 valence electrons. The van der Waals surface area contributed by atoms with Gasteiger partial charge in [0.05, 0.1) is 11.6 Å². The monoisotopic (exact) mass is 252 g/mol. The minimum Gasteiger partial charge on any atom is -0.478 e. The fourth-order valence-electron chi connectivity index (χ4n) is 2.20. The fourth-order valence-corrected chi connectivity index (χ4v) is 2.20. The summed E-state index contributed by atoms with van der Waals surface area (Å²) in [7, 11) is 0. The third-order valence-corrected chi connectivity index (χ3v) is 3.14. The van der Waals surface area contributed by atoms with Crippen LogP contribution in [0.3, 0.4) is 0 Å². The molecule has 3 N–H and O–H groups in total. The molecule has 1 aliphatic heterocycles. The zero-order valence-electron chi connectivity index (χ0n) is 9.60. The van der Waals surface area contributed by atoms with Crippen molar-refractivity contribution in [2.24, 2.45) is 11.7 Å². The number of benzene rings is 1. The van der Waals surface area contributed by atoms with E-state index in [9.17, 15) is 14.0 Å². The van der Waals surface area contributed by atoms with Crippen LogP contribution in [0.2, 0.25) is 0 Å². The molecule has 6 heteroatoms. The van der Waals surface area contributed by atoms with Gasteiger partial charge in [-0.2, -0.15) is 0 Å². The molecule has 0 bridgehead atoms. The molecule has 1 atom stereocenters.